The van der Waals surface area contributed by atoms with Crippen LogP contribution in [0.4, 0.5) is 22.0 Å². The third-order valence-electron chi connectivity index (χ3n) is 1.56. The number of ether oxygens (including phenoxy) is 1. The molecule has 0 radical (unpaired) electrons. The van der Waals surface area contributed by atoms with E-state index < -0.39 is 27.3 Å². The van der Waals surface area contributed by atoms with Gasteiger partial charge < -0.3 is 9.29 Å². The van der Waals surface area contributed by atoms with Crippen molar-refractivity contribution in [3.63, 3.8) is 0 Å². The molecular formula is C8H8F5NO4S. The lowest BCUT2D eigenvalue weighted by Crippen LogP contribution is -2.28. The van der Waals surface area contributed by atoms with E-state index in [4.69, 9.17) is 13.0 Å². The maximum absolute atomic E-state index is 12.7. The van der Waals surface area contributed by atoms with Gasteiger partial charge in [-0.2, -0.15) is 22.0 Å². The lowest BCUT2D eigenvalue weighted by atomic mass is 10.4. The van der Waals surface area contributed by atoms with Gasteiger partial charge in [0.2, 0.25) is 29.8 Å². The predicted octanol–water partition coefficient (Wildman–Crippen LogP) is 0.849. The van der Waals surface area contributed by atoms with E-state index in [1.165, 1.54) is 18.7 Å². The van der Waals surface area contributed by atoms with Gasteiger partial charge in [0, 0.05) is 0 Å². The van der Waals surface area contributed by atoms with Crippen LogP contribution >= 0.6 is 0 Å². The Labute approximate surface area is 105 Å². The van der Waals surface area contributed by atoms with Crippen molar-refractivity contribution < 1.29 is 44.2 Å². The highest BCUT2D eigenvalue weighted by atomic mass is 32.2. The quantitative estimate of drug-likeness (QED) is 0.334. The Bertz CT molecular complexity index is 520. The lowest BCUT2D eigenvalue weighted by Gasteiger charge is -2.08. The molecule has 1 heterocycles. The molecular weight excluding hydrogens is 301 g/mol. The average molecular weight is 309 g/mol. The zero-order chi connectivity index (χ0) is 15.4. The number of hydrogen-bond acceptors (Lipinski definition) is 4. The van der Waals surface area contributed by atoms with Crippen LogP contribution in [0.3, 0.4) is 0 Å². The molecule has 19 heavy (non-hydrogen) atoms. The van der Waals surface area contributed by atoms with Crippen molar-refractivity contribution in [2.45, 2.75) is 5.51 Å². The molecule has 0 atom stereocenters. The van der Waals surface area contributed by atoms with E-state index in [9.17, 15) is 22.0 Å². The van der Waals surface area contributed by atoms with Gasteiger partial charge in [0.05, 0.1) is 7.11 Å². The third kappa shape index (κ3) is 5.34. The van der Waals surface area contributed by atoms with Crippen LogP contribution in [0.5, 0.6) is 5.75 Å². The second-order valence-corrected chi connectivity index (χ2v) is 4.42. The molecule has 0 fully saturated rings. The maximum Gasteiger partial charge on any atom is 0.485 e. The molecule has 0 saturated carbocycles. The minimum atomic E-state index is -6.09. The highest BCUT2D eigenvalue weighted by molar-refractivity contribution is 7.86. The van der Waals surface area contributed by atoms with Gasteiger partial charge in [0.15, 0.2) is 10.1 Å². The summed E-state index contributed by atoms with van der Waals surface area (Å²) >= 11 is 0. The minimum absolute atomic E-state index is 0.344. The van der Waals surface area contributed by atoms with Gasteiger partial charge in [0.1, 0.15) is 7.05 Å². The molecule has 0 unspecified atom stereocenters. The fourth-order valence-corrected chi connectivity index (χ4v) is 0.821. The molecule has 110 valence electrons. The Hall–Kier alpha value is -1.49. The van der Waals surface area contributed by atoms with Crippen LogP contribution in [-0.2, 0) is 17.2 Å². The summed E-state index contributed by atoms with van der Waals surface area (Å²) in [6.07, 6.45) is 2.28. The molecule has 1 aromatic rings. The number of pyridine rings is 1. The summed E-state index contributed by atoms with van der Waals surface area (Å²) in [5, 5.41) is 0. The predicted molar refractivity (Wildman–Crippen MR) is 49.8 cm³/mol. The van der Waals surface area contributed by atoms with Gasteiger partial charge in [-0.05, 0) is 0 Å². The van der Waals surface area contributed by atoms with Crippen LogP contribution in [0.15, 0.2) is 12.4 Å². The van der Waals surface area contributed by atoms with Crippen molar-refractivity contribution >= 4 is 10.1 Å². The molecule has 0 aromatic carbocycles. The van der Waals surface area contributed by atoms with E-state index in [0.717, 1.165) is 12.4 Å². The SMILES string of the molecule is COc1c(F)c[n+](C)cc1F.O=S(=O)([O-])C(F)(F)F. The number of rotatable bonds is 1. The molecule has 1 aromatic heterocycles. The molecule has 0 saturated heterocycles. The van der Waals surface area contributed by atoms with E-state index in [0.29, 0.717) is 0 Å². The molecule has 0 N–H and O–H groups in total. The number of methoxy groups -OCH3 is 1. The topological polar surface area (TPSA) is 70.3 Å². The van der Waals surface area contributed by atoms with Crippen molar-refractivity contribution in [2.75, 3.05) is 7.11 Å². The number of hydrogen-bond donors (Lipinski definition) is 0. The zero-order valence-electron chi connectivity index (χ0n) is 9.53. The average Bonchev–Trinajstić information content (AvgIpc) is 2.13. The normalized spacial score (nSPS) is 11.6. The maximum atomic E-state index is 12.7. The Morgan fingerprint density at radius 1 is 1.21 bits per heavy atom. The molecule has 0 aliphatic heterocycles. The molecule has 0 bridgehead atoms. The Morgan fingerprint density at radius 2 is 1.53 bits per heavy atom. The van der Waals surface area contributed by atoms with Crippen LogP contribution in [-0.4, -0.2) is 25.6 Å². The summed E-state index contributed by atoms with van der Waals surface area (Å²) in [6.45, 7) is 0. The summed E-state index contributed by atoms with van der Waals surface area (Å²) in [7, 11) is -3.33. The van der Waals surface area contributed by atoms with Crippen molar-refractivity contribution in [2.24, 2.45) is 7.05 Å². The standard InChI is InChI=1S/C7H8F2NO.CHF3O3S/c1-10-3-5(8)7(11-2)6(9)4-10;2-1(3,4)8(5,6)7/h3-4H,1-2H3;(H,5,6,7)/q+1;/p-1. The van der Waals surface area contributed by atoms with E-state index in [1.54, 1.807) is 0 Å². The molecule has 5 nitrogen and oxygen atoms in total. The molecule has 0 aliphatic carbocycles. The monoisotopic (exact) mass is 309 g/mol. The summed E-state index contributed by atoms with van der Waals surface area (Å²) in [6, 6.07) is 0. The summed E-state index contributed by atoms with van der Waals surface area (Å²) in [4.78, 5) is 0. The first-order valence-electron chi connectivity index (χ1n) is 4.30. The Kier molecular flexibility index (Phi) is 5.62. The van der Waals surface area contributed by atoms with E-state index in [1.807, 2.05) is 0 Å². The molecule has 0 amide bonds. The first-order valence-corrected chi connectivity index (χ1v) is 5.71. The first-order chi connectivity index (χ1) is 8.40. The molecule has 1 rings (SSSR count). The fraction of sp³-hybridized carbons (Fsp3) is 0.375. The van der Waals surface area contributed by atoms with Crippen LogP contribution in [0.2, 0.25) is 0 Å². The van der Waals surface area contributed by atoms with Crippen LogP contribution < -0.4 is 9.30 Å². The van der Waals surface area contributed by atoms with Gasteiger partial charge in [0.25, 0.3) is 0 Å². The highest BCUT2D eigenvalue weighted by Crippen LogP contribution is 2.20. The molecule has 0 spiro atoms. The minimum Gasteiger partial charge on any atom is -0.741 e. The second kappa shape index (κ2) is 6.10. The van der Waals surface area contributed by atoms with Crippen molar-refractivity contribution in [3.8, 4) is 5.75 Å². The molecule has 11 heteroatoms. The summed E-state index contributed by atoms with van der Waals surface area (Å²) in [5.74, 6) is -1.74. The van der Waals surface area contributed by atoms with Gasteiger partial charge >= 0.3 is 5.51 Å². The van der Waals surface area contributed by atoms with Crippen LogP contribution in [0.1, 0.15) is 0 Å². The smallest absolute Gasteiger partial charge is 0.485 e. The number of aryl methyl sites for hydroxylation is 1. The summed E-state index contributed by atoms with van der Waals surface area (Å²) in [5.41, 5.74) is -5.65. The lowest BCUT2D eigenvalue weighted by molar-refractivity contribution is -0.674. The van der Waals surface area contributed by atoms with Crippen molar-refractivity contribution in [1.82, 2.24) is 0 Å². The largest absolute Gasteiger partial charge is 0.741 e. The number of aromatic nitrogens is 1. The fourth-order valence-electron chi connectivity index (χ4n) is 0.821. The van der Waals surface area contributed by atoms with E-state index >= 15 is 0 Å². The van der Waals surface area contributed by atoms with E-state index in [2.05, 4.69) is 4.74 Å². The third-order valence-corrected chi connectivity index (χ3v) is 2.12. The van der Waals surface area contributed by atoms with Gasteiger partial charge in [-0.1, -0.05) is 0 Å². The van der Waals surface area contributed by atoms with Gasteiger partial charge in [-0.15, -0.1) is 0 Å². The zero-order valence-corrected chi connectivity index (χ0v) is 10.3. The second-order valence-electron chi connectivity index (χ2n) is 3.05. The summed E-state index contributed by atoms with van der Waals surface area (Å²) < 4.78 is 90.1. The molecule has 0 aliphatic rings. The van der Waals surface area contributed by atoms with Crippen molar-refractivity contribution in [1.29, 1.82) is 0 Å². The van der Waals surface area contributed by atoms with Crippen LogP contribution in [0.25, 0.3) is 0 Å². The number of nitrogens with zero attached hydrogens (tertiary/aromatic N) is 1. The number of alkyl halides is 3. The van der Waals surface area contributed by atoms with Gasteiger partial charge in [-0.25, -0.2) is 13.0 Å². The van der Waals surface area contributed by atoms with Gasteiger partial charge in [-0.3, -0.25) is 0 Å². The number of halogens is 5. The Morgan fingerprint density at radius 3 is 1.74 bits per heavy atom. The first kappa shape index (κ1) is 17.5. The van der Waals surface area contributed by atoms with Crippen LogP contribution in [0, 0.1) is 11.6 Å². The highest BCUT2D eigenvalue weighted by Gasteiger charge is 2.36. The van der Waals surface area contributed by atoms with Crippen molar-refractivity contribution in [3.05, 3.63) is 24.0 Å². The Balaban J connectivity index is 0.000000362. The van der Waals surface area contributed by atoms with E-state index in [-0.39, 0.29) is 5.75 Å².